The number of benzene rings is 1. The molecule has 1 aromatic rings. The van der Waals surface area contributed by atoms with Crippen molar-refractivity contribution in [3.05, 3.63) is 29.8 Å². The fourth-order valence-electron chi connectivity index (χ4n) is 3.15. The lowest BCUT2D eigenvalue weighted by atomic mass is 10.2. The van der Waals surface area contributed by atoms with Crippen molar-refractivity contribution in [2.24, 2.45) is 4.99 Å². The summed E-state index contributed by atoms with van der Waals surface area (Å²) in [5, 5.41) is 6.75. The molecule has 1 unspecified atom stereocenters. The molecule has 1 atom stereocenters. The van der Waals surface area contributed by atoms with Crippen molar-refractivity contribution >= 4 is 29.9 Å². The van der Waals surface area contributed by atoms with Crippen LogP contribution in [0.1, 0.15) is 25.3 Å². The molecule has 0 aliphatic carbocycles. The molecule has 1 aromatic carbocycles. The highest BCUT2D eigenvalue weighted by atomic mass is 127. The average molecular weight is 503 g/mol. The van der Waals surface area contributed by atoms with Crippen LogP contribution in [0.3, 0.4) is 0 Å². The van der Waals surface area contributed by atoms with E-state index in [1.165, 1.54) is 39.1 Å². The molecular formula is C21H38IN5O. The molecule has 7 heteroatoms. The number of likely N-dealkylation sites (N-methyl/N-ethyl adjacent to an activating group) is 1. The summed E-state index contributed by atoms with van der Waals surface area (Å²) in [6.07, 6.45) is 2.45. The van der Waals surface area contributed by atoms with Gasteiger partial charge >= 0.3 is 0 Å². The topological polar surface area (TPSA) is 52.1 Å². The lowest BCUT2D eigenvalue weighted by Gasteiger charge is -2.32. The number of nitrogens with one attached hydrogen (secondary N) is 2. The van der Waals surface area contributed by atoms with E-state index in [-0.39, 0.29) is 30.1 Å². The van der Waals surface area contributed by atoms with Gasteiger partial charge in [0, 0.05) is 39.8 Å². The lowest BCUT2D eigenvalue weighted by molar-refractivity contribution is 0.152. The molecule has 1 heterocycles. The maximum Gasteiger partial charge on any atom is 0.191 e. The summed E-state index contributed by atoms with van der Waals surface area (Å²) < 4.78 is 6.00. The van der Waals surface area contributed by atoms with Crippen LogP contribution in [-0.4, -0.2) is 81.8 Å². The van der Waals surface area contributed by atoms with Crippen molar-refractivity contribution in [3.63, 3.8) is 0 Å². The lowest BCUT2D eigenvalue weighted by Crippen LogP contribution is -2.45. The molecule has 160 valence electrons. The Hall–Kier alpha value is -1.06. The summed E-state index contributed by atoms with van der Waals surface area (Å²) >= 11 is 0. The minimum atomic E-state index is 0. The van der Waals surface area contributed by atoms with Crippen LogP contribution in [0.5, 0.6) is 5.75 Å². The standard InChI is InChI=1S/C21H37N5O.HI/c1-18-9-5-6-10-20(18)27-19(2)17-24-21(22-3)23-11-7-8-12-26-15-13-25(4)14-16-26;/h5-6,9-10,19H,7-8,11-17H2,1-4H3,(H2,22,23,24);1H. The Morgan fingerprint density at radius 3 is 2.54 bits per heavy atom. The summed E-state index contributed by atoms with van der Waals surface area (Å²) in [6, 6.07) is 8.11. The first kappa shape index (κ1) is 25.0. The van der Waals surface area contributed by atoms with E-state index in [0.29, 0.717) is 0 Å². The Balaban J connectivity index is 0.00000392. The van der Waals surface area contributed by atoms with Crippen molar-refractivity contribution in [1.29, 1.82) is 0 Å². The van der Waals surface area contributed by atoms with E-state index in [9.17, 15) is 0 Å². The molecule has 0 saturated carbocycles. The first-order valence-electron chi connectivity index (χ1n) is 10.2. The quantitative estimate of drug-likeness (QED) is 0.235. The Morgan fingerprint density at radius 1 is 1.14 bits per heavy atom. The summed E-state index contributed by atoms with van der Waals surface area (Å²) in [5.41, 5.74) is 1.16. The molecule has 0 bridgehead atoms. The van der Waals surface area contributed by atoms with Crippen LogP contribution in [0.2, 0.25) is 0 Å². The van der Waals surface area contributed by atoms with Crippen LogP contribution in [0.25, 0.3) is 0 Å². The third kappa shape index (κ3) is 9.43. The van der Waals surface area contributed by atoms with Gasteiger partial charge in [-0.3, -0.25) is 4.99 Å². The van der Waals surface area contributed by atoms with Crippen LogP contribution >= 0.6 is 24.0 Å². The number of halogens is 1. The van der Waals surface area contributed by atoms with Crippen LogP contribution in [0.4, 0.5) is 0 Å². The maximum absolute atomic E-state index is 6.00. The maximum atomic E-state index is 6.00. The number of aliphatic imine (C=N–C) groups is 1. The third-order valence-corrected chi connectivity index (χ3v) is 4.99. The molecule has 0 spiro atoms. The first-order chi connectivity index (χ1) is 13.1. The van der Waals surface area contributed by atoms with Gasteiger partial charge in [0.2, 0.25) is 0 Å². The number of hydrogen-bond acceptors (Lipinski definition) is 4. The van der Waals surface area contributed by atoms with Crippen LogP contribution < -0.4 is 15.4 Å². The first-order valence-corrected chi connectivity index (χ1v) is 10.2. The highest BCUT2D eigenvalue weighted by Crippen LogP contribution is 2.17. The van der Waals surface area contributed by atoms with E-state index in [0.717, 1.165) is 36.8 Å². The second kappa shape index (κ2) is 14.0. The van der Waals surface area contributed by atoms with Crippen molar-refractivity contribution in [2.45, 2.75) is 32.8 Å². The molecule has 2 N–H and O–H groups in total. The molecule has 1 fully saturated rings. The summed E-state index contributed by atoms with van der Waals surface area (Å²) in [4.78, 5) is 9.27. The monoisotopic (exact) mass is 503 g/mol. The largest absolute Gasteiger partial charge is 0.489 e. The van der Waals surface area contributed by atoms with Crippen molar-refractivity contribution in [2.75, 3.05) is 59.9 Å². The van der Waals surface area contributed by atoms with Gasteiger partial charge in [0.05, 0.1) is 6.54 Å². The van der Waals surface area contributed by atoms with Crippen LogP contribution in [0, 0.1) is 6.92 Å². The van der Waals surface area contributed by atoms with Crippen molar-refractivity contribution < 1.29 is 4.74 Å². The molecule has 2 rings (SSSR count). The van der Waals surface area contributed by atoms with Gasteiger partial charge in [-0.15, -0.1) is 24.0 Å². The predicted molar refractivity (Wildman–Crippen MR) is 129 cm³/mol. The van der Waals surface area contributed by atoms with E-state index in [2.05, 4.69) is 52.4 Å². The van der Waals surface area contributed by atoms with Gasteiger partial charge in [0.25, 0.3) is 0 Å². The SMILES string of the molecule is CN=C(NCCCCN1CCN(C)CC1)NCC(C)Oc1ccccc1C.I. The van der Waals surface area contributed by atoms with E-state index in [1.54, 1.807) is 0 Å². The summed E-state index contributed by atoms with van der Waals surface area (Å²) in [5.74, 6) is 1.79. The van der Waals surface area contributed by atoms with Gasteiger partial charge in [-0.2, -0.15) is 0 Å². The number of rotatable bonds is 9. The Labute approximate surface area is 188 Å². The third-order valence-electron chi connectivity index (χ3n) is 4.99. The van der Waals surface area contributed by atoms with Gasteiger partial charge in [-0.1, -0.05) is 18.2 Å². The zero-order chi connectivity index (χ0) is 19.5. The minimum Gasteiger partial charge on any atom is -0.489 e. The number of unbranched alkanes of at least 4 members (excludes halogenated alkanes) is 1. The summed E-state index contributed by atoms with van der Waals surface area (Å²) in [7, 11) is 4.01. The molecule has 0 aromatic heterocycles. The van der Waals surface area contributed by atoms with Gasteiger partial charge in [0.1, 0.15) is 11.9 Å². The van der Waals surface area contributed by atoms with Crippen molar-refractivity contribution in [3.8, 4) is 5.75 Å². The second-order valence-corrected chi connectivity index (χ2v) is 7.43. The second-order valence-electron chi connectivity index (χ2n) is 7.43. The number of guanidine groups is 1. The van der Waals surface area contributed by atoms with E-state index >= 15 is 0 Å². The van der Waals surface area contributed by atoms with E-state index < -0.39 is 0 Å². The van der Waals surface area contributed by atoms with Crippen LogP contribution in [-0.2, 0) is 0 Å². The van der Waals surface area contributed by atoms with Crippen LogP contribution in [0.15, 0.2) is 29.3 Å². The molecule has 0 amide bonds. The zero-order valence-corrected chi connectivity index (χ0v) is 20.2. The number of nitrogens with zero attached hydrogens (tertiary/aromatic N) is 3. The van der Waals surface area contributed by atoms with E-state index in [1.807, 2.05) is 25.2 Å². The smallest absolute Gasteiger partial charge is 0.191 e. The highest BCUT2D eigenvalue weighted by Gasteiger charge is 2.12. The molecule has 1 saturated heterocycles. The number of aryl methyl sites for hydroxylation is 1. The number of piperazine rings is 1. The molecule has 0 radical (unpaired) electrons. The summed E-state index contributed by atoms with van der Waals surface area (Å²) in [6.45, 7) is 11.8. The molecular weight excluding hydrogens is 465 g/mol. The molecule has 6 nitrogen and oxygen atoms in total. The fourth-order valence-corrected chi connectivity index (χ4v) is 3.15. The van der Waals surface area contributed by atoms with Crippen molar-refractivity contribution in [1.82, 2.24) is 20.4 Å². The average Bonchev–Trinajstić information content (AvgIpc) is 2.67. The Bertz CT molecular complexity index is 576. The normalized spacial score (nSPS) is 16.9. The highest BCUT2D eigenvalue weighted by molar-refractivity contribution is 14.0. The zero-order valence-electron chi connectivity index (χ0n) is 17.9. The number of ether oxygens (including phenoxy) is 1. The molecule has 1 aliphatic heterocycles. The number of para-hydroxylation sites is 1. The van der Waals surface area contributed by atoms with Gasteiger partial charge in [-0.25, -0.2) is 0 Å². The predicted octanol–water partition coefficient (Wildman–Crippen LogP) is 2.57. The van der Waals surface area contributed by atoms with Gasteiger partial charge in [-0.05, 0) is 51.9 Å². The Kier molecular flexibility index (Phi) is 12.5. The van der Waals surface area contributed by atoms with Gasteiger partial charge < -0.3 is 25.2 Å². The molecule has 1 aliphatic rings. The van der Waals surface area contributed by atoms with Gasteiger partial charge in [0.15, 0.2) is 5.96 Å². The van der Waals surface area contributed by atoms with E-state index in [4.69, 9.17) is 4.74 Å². The number of hydrogen-bond donors (Lipinski definition) is 2. The fraction of sp³-hybridized carbons (Fsp3) is 0.667. The minimum absolute atomic E-state index is 0. The Morgan fingerprint density at radius 2 is 1.86 bits per heavy atom. The molecule has 28 heavy (non-hydrogen) atoms.